The van der Waals surface area contributed by atoms with Crippen molar-refractivity contribution in [1.82, 2.24) is 0 Å². The van der Waals surface area contributed by atoms with E-state index in [1.807, 2.05) is 0 Å². The van der Waals surface area contributed by atoms with Crippen molar-refractivity contribution in [2.24, 2.45) is 0 Å². The third-order valence-corrected chi connectivity index (χ3v) is 2.26. The normalized spacial score (nSPS) is 10.4. The quantitative estimate of drug-likeness (QED) is 0.256. The van der Waals surface area contributed by atoms with Crippen LogP contribution in [0.5, 0.6) is 0 Å². The molecule has 0 radical (unpaired) electrons. The Balaban J connectivity index is -0.000000173. The molecule has 0 aromatic heterocycles. The Morgan fingerprint density at radius 1 is 0.692 bits per heavy atom. The molecule has 136 valence electrons. The first-order chi connectivity index (χ1) is 11.1. The molecule has 0 N–H and O–H groups in total. The number of ether oxygens (including phenoxy) is 2. The summed E-state index contributed by atoms with van der Waals surface area (Å²) in [5, 5.41) is 40.3. The first kappa shape index (κ1) is 32.5. The van der Waals surface area contributed by atoms with E-state index in [9.17, 15) is 39.6 Å². The molecule has 0 saturated heterocycles. The summed E-state index contributed by atoms with van der Waals surface area (Å²) in [5.74, 6) is -6.14. The Morgan fingerprint density at radius 3 is 1.12 bits per heavy atom. The number of carboxylic acid groups (broad SMARTS) is 4. The second-order valence-corrected chi connectivity index (χ2v) is 4.04. The van der Waals surface area contributed by atoms with Gasteiger partial charge in [0.2, 0.25) is 0 Å². The van der Waals surface area contributed by atoms with E-state index in [0.717, 1.165) is 0 Å². The molecule has 0 bridgehead atoms. The van der Waals surface area contributed by atoms with E-state index in [1.54, 1.807) is 0 Å². The molecule has 0 aliphatic carbocycles. The fraction of sp³-hybridized carbons (Fsp3) is 0.429. The van der Waals surface area contributed by atoms with E-state index < -0.39 is 23.9 Å². The molecule has 0 aliphatic heterocycles. The van der Waals surface area contributed by atoms with E-state index in [1.165, 1.54) is 14.2 Å². The van der Waals surface area contributed by atoms with Crippen molar-refractivity contribution in [3.05, 3.63) is 23.3 Å². The van der Waals surface area contributed by atoms with Crippen LogP contribution >= 0.6 is 0 Å². The van der Waals surface area contributed by atoms with Crippen molar-refractivity contribution in [3.8, 4) is 0 Å². The Labute approximate surface area is 182 Å². The summed E-state index contributed by atoms with van der Waals surface area (Å²) in [6.45, 7) is 0.264. The second-order valence-electron chi connectivity index (χ2n) is 4.04. The topological polar surface area (TPSA) is 179 Å². The number of hydrogen-bond donors (Lipinski definition) is 0. The predicted molar refractivity (Wildman–Crippen MR) is 80.7 cm³/mol. The van der Waals surface area contributed by atoms with Crippen molar-refractivity contribution in [2.45, 2.75) is 12.8 Å². The Bertz CT molecular complexity index is 468. The van der Waals surface area contributed by atoms with E-state index in [2.05, 4.69) is 9.47 Å². The average Bonchev–Trinajstić information content (AvgIpc) is 2.47. The van der Waals surface area contributed by atoms with E-state index >= 15 is 0 Å². The molecule has 0 unspecified atom stereocenters. The SMILES string of the molecule is COCC/C(=C/C(=O)[O-])C(=O)[O-].COCC/C(=C/C(=O)[O-])C(=O)[O-].[Mg+2].[Mg+2]. The molecular formula is C14H16Mg2O10. The average molecular weight is 393 g/mol. The second kappa shape index (κ2) is 20.1. The minimum atomic E-state index is -1.55. The first-order valence-corrected chi connectivity index (χ1v) is 6.39. The maximum absolute atomic E-state index is 10.2. The smallest absolute Gasteiger partial charge is 0.545 e. The molecule has 0 aromatic rings. The number of hydrogen-bond acceptors (Lipinski definition) is 10. The number of carboxylic acids is 4. The number of carbonyl (C=O) groups is 4. The molecule has 0 atom stereocenters. The zero-order valence-electron chi connectivity index (χ0n) is 14.5. The molecule has 10 nitrogen and oxygen atoms in total. The Kier molecular flexibility index (Phi) is 25.1. The van der Waals surface area contributed by atoms with Crippen LogP contribution in [0.25, 0.3) is 0 Å². The Morgan fingerprint density at radius 2 is 0.962 bits per heavy atom. The summed E-state index contributed by atoms with van der Waals surface area (Å²) in [6, 6.07) is 0. The van der Waals surface area contributed by atoms with Crippen LogP contribution in [0.4, 0.5) is 0 Å². The number of aliphatic carboxylic acids is 4. The standard InChI is InChI=1S/2C7H10O5.2Mg/c2*1-12-3-2-5(7(10)11)4-6(8)9;;/h2*4H,2-3H2,1H3,(H,8,9)(H,10,11);;/q;;2*+2/p-4/b2*5-4-;;. The molecule has 12 heteroatoms. The molecule has 0 spiro atoms. The summed E-state index contributed by atoms with van der Waals surface area (Å²) < 4.78 is 9.12. The van der Waals surface area contributed by atoms with Crippen molar-refractivity contribution < 1.29 is 49.1 Å². The van der Waals surface area contributed by atoms with Crippen LogP contribution in [-0.2, 0) is 28.7 Å². The fourth-order valence-electron chi connectivity index (χ4n) is 1.17. The van der Waals surface area contributed by atoms with Gasteiger partial charge in [-0.2, -0.15) is 0 Å². The van der Waals surface area contributed by atoms with Gasteiger partial charge in [-0.05, 0) is 36.1 Å². The third-order valence-electron chi connectivity index (χ3n) is 2.26. The third kappa shape index (κ3) is 20.9. The van der Waals surface area contributed by atoms with Crippen molar-refractivity contribution in [3.63, 3.8) is 0 Å². The first-order valence-electron chi connectivity index (χ1n) is 6.39. The molecule has 26 heavy (non-hydrogen) atoms. The van der Waals surface area contributed by atoms with Gasteiger partial charge in [-0.3, -0.25) is 0 Å². The molecular weight excluding hydrogens is 377 g/mol. The van der Waals surface area contributed by atoms with Crippen LogP contribution in [0, 0.1) is 0 Å². The predicted octanol–water partition coefficient (Wildman–Crippen LogP) is -5.86. The minimum absolute atomic E-state index is 0. The zero-order valence-corrected chi connectivity index (χ0v) is 17.3. The van der Waals surface area contributed by atoms with Gasteiger partial charge in [0.15, 0.2) is 0 Å². The van der Waals surface area contributed by atoms with Crippen LogP contribution in [0.15, 0.2) is 23.3 Å². The van der Waals surface area contributed by atoms with Gasteiger partial charge in [0.1, 0.15) is 0 Å². The van der Waals surface area contributed by atoms with E-state index in [0.29, 0.717) is 12.2 Å². The van der Waals surface area contributed by atoms with Gasteiger partial charge in [-0.25, -0.2) is 0 Å². The van der Waals surface area contributed by atoms with Crippen LogP contribution in [0.2, 0.25) is 0 Å². The van der Waals surface area contributed by atoms with Crippen molar-refractivity contribution >= 4 is 70.0 Å². The van der Waals surface area contributed by atoms with Crippen LogP contribution in [0.1, 0.15) is 12.8 Å². The van der Waals surface area contributed by atoms with Crippen LogP contribution in [-0.4, -0.2) is 97.4 Å². The summed E-state index contributed by atoms with van der Waals surface area (Å²) in [5.41, 5.74) is -0.672. The molecule has 0 aromatic carbocycles. The maximum Gasteiger partial charge on any atom is 2.00 e. The molecule has 0 aliphatic rings. The summed E-state index contributed by atoms with van der Waals surface area (Å²) >= 11 is 0. The summed E-state index contributed by atoms with van der Waals surface area (Å²) in [6.07, 6.45) is 0.975. The Hall–Kier alpha value is -1.19. The number of carbonyl (C=O) groups excluding carboxylic acids is 4. The van der Waals surface area contributed by atoms with Gasteiger partial charge >= 0.3 is 46.1 Å². The van der Waals surface area contributed by atoms with E-state index in [-0.39, 0.29) is 83.3 Å². The molecule has 0 fully saturated rings. The van der Waals surface area contributed by atoms with Crippen molar-refractivity contribution in [2.75, 3.05) is 27.4 Å². The maximum atomic E-state index is 10.2. The van der Waals surface area contributed by atoms with Crippen LogP contribution < -0.4 is 20.4 Å². The molecule has 0 saturated carbocycles. The molecule has 0 amide bonds. The van der Waals surface area contributed by atoms with Gasteiger partial charge in [-0.15, -0.1) is 0 Å². The van der Waals surface area contributed by atoms with Gasteiger partial charge in [0.05, 0.1) is 37.1 Å². The minimum Gasteiger partial charge on any atom is -0.545 e. The fourth-order valence-corrected chi connectivity index (χ4v) is 1.17. The van der Waals surface area contributed by atoms with Gasteiger partial charge in [0.25, 0.3) is 0 Å². The largest absolute Gasteiger partial charge is 2.00 e. The van der Waals surface area contributed by atoms with E-state index in [4.69, 9.17) is 0 Å². The monoisotopic (exact) mass is 392 g/mol. The van der Waals surface area contributed by atoms with Crippen molar-refractivity contribution in [1.29, 1.82) is 0 Å². The van der Waals surface area contributed by atoms with Crippen LogP contribution in [0.3, 0.4) is 0 Å². The molecule has 0 rings (SSSR count). The zero-order chi connectivity index (χ0) is 19.1. The summed E-state index contributed by atoms with van der Waals surface area (Å²) in [4.78, 5) is 40.3. The molecule has 0 heterocycles. The van der Waals surface area contributed by atoms with Gasteiger partial charge in [0, 0.05) is 14.2 Å². The summed E-state index contributed by atoms with van der Waals surface area (Å²) in [7, 11) is 2.76. The van der Waals surface area contributed by atoms with Gasteiger partial charge < -0.3 is 49.1 Å². The van der Waals surface area contributed by atoms with Gasteiger partial charge in [-0.1, -0.05) is 0 Å². The number of rotatable bonds is 10. The number of methoxy groups -OCH3 is 2.